The van der Waals surface area contributed by atoms with E-state index in [0.29, 0.717) is 17.3 Å². The number of hydrogen-bond donors (Lipinski definition) is 0. The van der Waals surface area contributed by atoms with Gasteiger partial charge in [-0.15, -0.1) is 0 Å². The molecule has 1 aromatic carbocycles. The average Bonchev–Trinajstić information content (AvgIpc) is 3.19. The van der Waals surface area contributed by atoms with E-state index in [-0.39, 0.29) is 6.10 Å². The zero-order chi connectivity index (χ0) is 13.9. The first-order valence-electron chi connectivity index (χ1n) is 7.78. The number of hydrogen-bond acceptors (Lipinski definition) is 1. The summed E-state index contributed by atoms with van der Waals surface area (Å²) in [5.41, 5.74) is 4.58. The Morgan fingerprint density at radius 3 is 2.75 bits per heavy atom. The van der Waals surface area contributed by atoms with Crippen LogP contribution in [0.3, 0.4) is 0 Å². The molecule has 1 aliphatic heterocycles. The van der Waals surface area contributed by atoms with E-state index in [0.717, 1.165) is 5.75 Å². The Labute approximate surface area is 121 Å². The Morgan fingerprint density at radius 1 is 1.25 bits per heavy atom. The molecule has 20 heavy (non-hydrogen) atoms. The molecule has 0 N–H and O–H groups in total. The quantitative estimate of drug-likeness (QED) is 0.713. The molecule has 3 aliphatic rings. The van der Waals surface area contributed by atoms with Gasteiger partial charge in [0.25, 0.3) is 0 Å². The Balaban J connectivity index is 1.83. The molecule has 0 amide bonds. The van der Waals surface area contributed by atoms with E-state index >= 15 is 0 Å². The normalized spacial score (nSPS) is 28.7. The molecule has 2 unspecified atom stereocenters. The lowest BCUT2D eigenvalue weighted by molar-refractivity contribution is 0.147. The summed E-state index contributed by atoms with van der Waals surface area (Å²) in [6.07, 6.45) is 9.80. The topological polar surface area (TPSA) is 9.23 Å². The molecule has 4 rings (SSSR count). The van der Waals surface area contributed by atoms with Crippen LogP contribution in [0, 0.1) is 5.92 Å². The fourth-order valence-electron chi connectivity index (χ4n) is 3.85. The van der Waals surface area contributed by atoms with Crippen molar-refractivity contribution in [3.8, 4) is 5.75 Å². The van der Waals surface area contributed by atoms with Gasteiger partial charge in [0.05, 0.1) is 0 Å². The van der Waals surface area contributed by atoms with E-state index in [1.54, 1.807) is 0 Å². The van der Waals surface area contributed by atoms with Crippen molar-refractivity contribution in [1.82, 2.24) is 0 Å². The van der Waals surface area contributed by atoms with Crippen LogP contribution < -0.4 is 4.74 Å². The zero-order valence-corrected chi connectivity index (χ0v) is 12.5. The van der Waals surface area contributed by atoms with Crippen LogP contribution >= 0.6 is 0 Å². The number of rotatable bonds is 1. The van der Waals surface area contributed by atoms with Crippen molar-refractivity contribution in [1.29, 1.82) is 0 Å². The summed E-state index contributed by atoms with van der Waals surface area (Å²) in [5.74, 6) is 2.23. The minimum atomic E-state index is 0.236. The van der Waals surface area contributed by atoms with Crippen molar-refractivity contribution in [2.24, 2.45) is 5.92 Å². The first kappa shape index (κ1) is 12.3. The number of fused-ring (bicyclic) bond motifs is 4. The lowest BCUT2D eigenvalue weighted by Gasteiger charge is -2.39. The number of benzene rings is 1. The van der Waals surface area contributed by atoms with Gasteiger partial charge in [0.2, 0.25) is 0 Å². The Hall–Kier alpha value is -1.50. The summed E-state index contributed by atoms with van der Waals surface area (Å²) in [5, 5.41) is 0. The van der Waals surface area contributed by atoms with Gasteiger partial charge in [0, 0.05) is 16.9 Å². The maximum atomic E-state index is 6.29. The fourth-order valence-corrected chi connectivity index (χ4v) is 3.85. The molecule has 0 radical (unpaired) electrons. The maximum Gasteiger partial charge on any atom is 0.124 e. The second-order valence-corrected chi connectivity index (χ2v) is 6.94. The zero-order valence-electron chi connectivity index (χ0n) is 12.5. The lowest BCUT2D eigenvalue weighted by atomic mass is 9.74. The van der Waals surface area contributed by atoms with Crippen LogP contribution in [0.4, 0.5) is 0 Å². The molecule has 2 atom stereocenters. The predicted octanol–water partition coefficient (Wildman–Crippen LogP) is 4.73. The third-order valence-electron chi connectivity index (χ3n) is 5.24. The van der Waals surface area contributed by atoms with E-state index in [1.807, 2.05) is 0 Å². The number of allylic oxidation sites excluding steroid dienone is 2. The van der Waals surface area contributed by atoms with Gasteiger partial charge in [-0.2, -0.15) is 0 Å². The highest BCUT2D eigenvalue weighted by molar-refractivity contribution is 5.51. The molecule has 1 heterocycles. The Morgan fingerprint density at radius 2 is 2.05 bits per heavy atom. The highest BCUT2D eigenvalue weighted by atomic mass is 16.5. The molecule has 2 aliphatic carbocycles. The Bertz CT molecular complexity index is 617. The highest BCUT2D eigenvalue weighted by Crippen LogP contribution is 2.61. The molecule has 1 fully saturated rings. The van der Waals surface area contributed by atoms with E-state index in [1.165, 1.54) is 29.5 Å². The molecule has 0 saturated heterocycles. The summed E-state index contributed by atoms with van der Waals surface area (Å²) in [6, 6.07) is 6.83. The van der Waals surface area contributed by atoms with Crippen molar-refractivity contribution < 1.29 is 4.74 Å². The highest BCUT2D eigenvalue weighted by Gasteiger charge is 2.56. The summed E-state index contributed by atoms with van der Waals surface area (Å²) in [6.45, 7) is 6.69. The molecule has 104 valence electrons. The third-order valence-corrected chi connectivity index (χ3v) is 5.24. The fraction of sp³-hybridized carbons (Fsp3) is 0.474. The van der Waals surface area contributed by atoms with E-state index in [9.17, 15) is 0 Å². The second kappa shape index (κ2) is 4.00. The molecule has 1 saturated carbocycles. The van der Waals surface area contributed by atoms with Crippen molar-refractivity contribution in [2.45, 2.75) is 51.0 Å². The minimum absolute atomic E-state index is 0.236. The van der Waals surface area contributed by atoms with Crippen LogP contribution in [0.2, 0.25) is 0 Å². The molecule has 0 bridgehead atoms. The predicted molar refractivity (Wildman–Crippen MR) is 82.2 cm³/mol. The summed E-state index contributed by atoms with van der Waals surface area (Å²) < 4.78 is 6.29. The second-order valence-electron chi connectivity index (χ2n) is 6.94. The van der Waals surface area contributed by atoms with Crippen LogP contribution in [0.25, 0.3) is 0 Å². The molecule has 0 aromatic heterocycles. The van der Waals surface area contributed by atoms with Crippen molar-refractivity contribution in [3.63, 3.8) is 0 Å². The number of ether oxygens (including phenoxy) is 1. The SMILES string of the molecule is CC1=CC2Oc3ccc(C(C)C)cc3C3(CC3)C2C=C1. The van der Waals surface area contributed by atoms with Crippen molar-refractivity contribution in [2.75, 3.05) is 0 Å². The average molecular weight is 266 g/mol. The van der Waals surface area contributed by atoms with Crippen molar-refractivity contribution >= 4 is 0 Å². The largest absolute Gasteiger partial charge is 0.485 e. The monoisotopic (exact) mass is 266 g/mol. The van der Waals surface area contributed by atoms with Gasteiger partial charge in [-0.3, -0.25) is 0 Å². The molecule has 1 heteroatoms. The third kappa shape index (κ3) is 1.62. The van der Waals surface area contributed by atoms with Gasteiger partial charge in [0.1, 0.15) is 11.9 Å². The van der Waals surface area contributed by atoms with E-state index in [4.69, 9.17) is 4.74 Å². The molecule has 1 aromatic rings. The van der Waals surface area contributed by atoms with Crippen LogP contribution in [0.1, 0.15) is 50.7 Å². The van der Waals surface area contributed by atoms with Gasteiger partial charge in [-0.1, -0.05) is 43.7 Å². The Kier molecular flexibility index (Phi) is 2.45. The minimum Gasteiger partial charge on any atom is -0.485 e. The van der Waals surface area contributed by atoms with Crippen LogP contribution in [0.15, 0.2) is 42.0 Å². The maximum absolute atomic E-state index is 6.29. The van der Waals surface area contributed by atoms with Gasteiger partial charge >= 0.3 is 0 Å². The van der Waals surface area contributed by atoms with Gasteiger partial charge in [-0.05, 0) is 43.4 Å². The standard InChI is InChI=1S/C19H22O/c1-12(2)14-5-7-17-16(11-14)19(8-9-19)15-6-4-13(3)10-18(15)20-17/h4-7,10-12,15,18H,8-9H2,1-3H3. The summed E-state index contributed by atoms with van der Waals surface area (Å²) >= 11 is 0. The molecule has 1 spiro atoms. The smallest absolute Gasteiger partial charge is 0.124 e. The lowest BCUT2D eigenvalue weighted by Crippen LogP contribution is -2.39. The van der Waals surface area contributed by atoms with Gasteiger partial charge in [0.15, 0.2) is 0 Å². The van der Waals surface area contributed by atoms with Crippen LogP contribution in [-0.4, -0.2) is 6.10 Å². The summed E-state index contributed by atoms with van der Waals surface area (Å²) in [4.78, 5) is 0. The van der Waals surface area contributed by atoms with Gasteiger partial charge in [-0.25, -0.2) is 0 Å². The molecule has 1 nitrogen and oxygen atoms in total. The van der Waals surface area contributed by atoms with E-state index < -0.39 is 0 Å². The molecular weight excluding hydrogens is 244 g/mol. The van der Waals surface area contributed by atoms with Crippen LogP contribution in [0.5, 0.6) is 5.75 Å². The van der Waals surface area contributed by atoms with Crippen LogP contribution in [-0.2, 0) is 5.41 Å². The molecular formula is C19H22O. The first-order chi connectivity index (χ1) is 9.60. The summed E-state index contributed by atoms with van der Waals surface area (Å²) in [7, 11) is 0. The van der Waals surface area contributed by atoms with Crippen molar-refractivity contribution in [3.05, 3.63) is 53.1 Å². The van der Waals surface area contributed by atoms with E-state index in [2.05, 4.69) is 57.2 Å². The first-order valence-corrected chi connectivity index (χ1v) is 7.78. The van der Waals surface area contributed by atoms with Gasteiger partial charge < -0.3 is 4.74 Å².